The highest BCUT2D eigenvalue weighted by atomic mass is 32.1. The van der Waals surface area contributed by atoms with Crippen LogP contribution in [0, 0.1) is 10.1 Å². The van der Waals surface area contributed by atoms with Crippen LogP contribution in [0.4, 0.5) is 17.2 Å². The summed E-state index contributed by atoms with van der Waals surface area (Å²) < 4.78 is 1.67. The van der Waals surface area contributed by atoms with E-state index in [0.29, 0.717) is 35.9 Å². The standard InChI is InChI=1S/C21H22N8O3S/c1-27-11-14(10-24-27)13-8-18(19(22)23-9-13)20(30)25-16-6-7-28(12-16)21(33)26-15-2-4-17(5-3-15)29(31)32/h2-5,8-11,16H,6-7,12H2,1H3,(H2,22,23)(H,25,30)(H,26,33)/t16-/m1/s1. The second-order valence-electron chi connectivity index (χ2n) is 7.70. The highest BCUT2D eigenvalue weighted by Gasteiger charge is 2.27. The normalized spacial score (nSPS) is 15.3. The minimum absolute atomic E-state index is 0.0109. The number of carbonyl (C=O) groups is 1. The average molecular weight is 467 g/mol. The molecule has 12 heteroatoms. The molecule has 4 rings (SSSR count). The summed E-state index contributed by atoms with van der Waals surface area (Å²) in [5.41, 5.74) is 8.53. The van der Waals surface area contributed by atoms with Gasteiger partial charge in [-0.15, -0.1) is 0 Å². The van der Waals surface area contributed by atoms with Crippen molar-refractivity contribution in [2.45, 2.75) is 12.5 Å². The number of nitrogen functional groups attached to an aromatic ring is 1. The number of nitrogens with one attached hydrogen (secondary N) is 2. The van der Waals surface area contributed by atoms with Crippen LogP contribution in [-0.2, 0) is 7.05 Å². The molecule has 33 heavy (non-hydrogen) atoms. The zero-order valence-electron chi connectivity index (χ0n) is 17.8. The van der Waals surface area contributed by atoms with Crippen molar-refractivity contribution in [1.82, 2.24) is 25.0 Å². The molecule has 11 nitrogen and oxygen atoms in total. The van der Waals surface area contributed by atoms with E-state index in [9.17, 15) is 14.9 Å². The molecule has 1 aromatic carbocycles. The summed E-state index contributed by atoms with van der Waals surface area (Å²) in [5, 5.41) is 21.5. The first-order valence-electron chi connectivity index (χ1n) is 10.2. The maximum Gasteiger partial charge on any atom is 0.269 e. The van der Waals surface area contributed by atoms with Crippen molar-refractivity contribution in [3.63, 3.8) is 0 Å². The number of nitro benzene ring substituents is 1. The lowest BCUT2D eigenvalue weighted by Gasteiger charge is -2.21. The molecule has 1 saturated heterocycles. The fraction of sp³-hybridized carbons (Fsp3) is 0.238. The molecule has 1 fully saturated rings. The van der Waals surface area contributed by atoms with Crippen LogP contribution in [0.25, 0.3) is 11.1 Å². The Bertz CT molecular complexity index is 1210. The summed E-state index contributed by atoms with van der Waals surface area (Å²) in [6.07, 6.45) is 5.86. The number of hydrogen-bond donors (Lipinski definition) is 3. The van der Waals surface area contributed by atoms with Gasteiger partial charge in [-0.1, -0.05) is 0 Å². The summed E-state index contributed by atoms with van der Waals surface area (Å²) in [4.78, 5) is 29.3. The number of anilines is 2. The number of carbonyl (C=O) groups excluding carboxylic acids is 1. The van der Waals surface area contributed by atoms with Gasteiger partial charge in [0.2, 0.25) is 0 Å². The van der Waals surface area contributed by atoms with Gasteiger partial charge in [0.25, 0.3) is 11.6 Å². The summed E-state index contributed by atoms with van der Waals surface area (Å²) in [6.45, 7) is 1.19. The summed E-state index contributed by atoms with van der Waals surface area (Å²) in [5.74, 6) is -0.141. The van der Waals surface area contributed by atoms with Crippen LogP contribution in [0.2, 0.25) is 0 Å². The van der Waals surface area contributed by atoms with Gasteiger partial charge < -0.3 is 21.3 Å². The lowest BCUT2D eigenvalue weighted by Crippen LogP contribution is -2.39. The Morgan fingerprint density at radius 2 is 2.03 bits per heavy atom. The number of nitrogens with zero attached hydrogens (tertiary/aromatic N) is 5. The van der Waals surface area contributed by atoms with Gasteiger partial charge in [-0.2, -0.15) is 5.10 Å². The smallest absolute Gasteiger partial charge is 0.269 e. The third kappa shape index (κ3) is 5.06. The Kier molecular flexibility index (Phi) is 6.18. The molecule has 0 saturated carbocycles. The van der Waals surface area contributed by atoms with E-state index in [2.05, 4.69) is 20.7 Å². The predicted molar refractivity (Wildman–Crippen MR) is 128 cm³/mol. The number of likely N-dealkylation sites (tertiary alicyclic amines) is 1. The highest BCUT2D eigenvalue weighted by Crippen LogP contribution is 2.22. The minimum atomic E-state index is -0.454. The van der Waals surface area contributed by atoms with E-state index < -0.39 is 4.92 Å². The van der Waals surface area contributed by atoms with Gasteiger partial charge in [0.05, 0.1) is 16.7 Å². The van der Waals surface area contributed by atoms with E-state index in [4.69, 9.17) is 18.0 Å². The Morgan fingerprint density at radius 3 is 2.70 bits per heavy atom. The summed E-state index contributed by atoms with van der Waals surface area (Å²) >= 11 is 5.46. The van der Waals surface area contributed by atoms with Gasteiger partial charge in [-0.05, 0) is 36.8 Å². The predicted octanol–water partition coefficient (Wildman–Crippen LogP) is 2.17. The fourth-order valence-electron chi connectivity index (χ4n) is 3.58. The molecule has 0 unspecified atom stereocenters. The fourth-order valence-corrected chi connectivity index (χ4v) is 3.86. The van der Waals surface area contributed by atoms with Crippen molar-refractivity contribution in [3.05, 3.63) is 64.6 Å². The van der Waals surface area contributed by atoms with Gasteiger partial charge in [0.1, 0.15) is 5.82 Å². The number of amides is 1. The zero-order valence-corrected chi connectivity index (χ0v) is 18.6. The highest BCUT2D eigenvalue weighted by molar-refractivity contribution is 7.80. The molecule has 3 heterocycles. The molecule has 0 radical (unpaired) electrons. The van der Waals surface area contributed by atoms with E-state index in [1.807, 2.05) is 18.1 Å². The molecule has 1 aliphatic heterocycles. The second-order valence-corrected chi connectivity index (χ2v) is 8.09. The molecule has 0 aliphatic carbocycles. The van der Waals surface area contributed by atoms with Crippen LogP contribution in [-0.4, -0.2) is 54.7 Å². The van der Waals surface area contributed by atoms with Gasteiger partial charge in [0, 0.05) is 67.5 Å². The Hall–Kier alpha value is -4.06. The molecule has 3 aromatic rings. The molecule has 0 spiro atoms. The van der Waals surface area contributed by atoms with Gasteiger partial charge in [0.15, 0.2) is 5.11 Å². The van der Waals surface area contributed by atoms with E-state index in [-0.39, 0.29) is 23.5 Å². The minimum Gasteiger partial charge on any atom is -0.383 e. The van der Waals surface area contributed by atoms with Crippen LogP contribution >= 0.6 is 12.2 Å². The number of benzene rings is 1. The third-order valence-corrected chi connectivity index (χ3v) is 5.70. The van der Waals surface area contributed by atoms with Gasteiger partial charge >= 0.3 is 0 Å². The Balaban J connectivity index is 1.36. The molecule has 2 aromatic heterocycles. The van der Waals surface area contributed by atoms with Crippen LogP contribution in [0.5, 0.6) is 0 Å². The molecule has 0 bridgehead atoms. The van der Waals surface area contributed by atoms with Crippen molar-refractivity contribution in [3.8, 4) is 11.1 Å². The second kappa shape index (κ2) is 9.20. The number of aromatic nitrogens is 3. The summed E-state index contributed by atoms with van der Waals surface area (Å²) in [7, 11) is 1.81. The maximum atomic E-state index is 12.9. The molecular weight excluding hydrogens is 444 g/mol. The van der Waals surface area contributed by atoms with E-state index in [0.717, 1.165) is 11.1 Å². The third-order valence-electron chi connectivity index (χ3n) is 5.34. The van der Waals surface area contributed by atoms with Crippen LogP contribution < -0.4 is 16.4 Å². The van der Waals surface area contributed by atoms with Crippen LogP contribution in [0.3, 0.4) is 0 Å². The monoisotopic (exact) mass is 466 g/mol. The molecular formula is C21H22N8O3S. The molecule has 1 amide bonds. The number of thiocarbonyl (C=S) groups is 1. The largest absolute Gasteiger partial charge is 0.383 e. The first kappa shape index (κ1) is 22.1. The van der Waals surface area contributed by atoms with Crippen LogP contribution in [0.1, 0.15) is 16.8 Å². The van der Waals surface area contributed by atoms with Crippen molar-refractivity contribution in [2.75, 3.05) is 24.1 Å². The topological polar surface area (TPSA) is 144 Å². The average Bonchev–Trinajstić information content (AvgIpc) is 3.43. The van der Waals surface area contributed by atoms with E-state index in [1.165, 1.54) is 12.1 Å². The number of hydrogen-bond acceptors (Lipinski definition) is 7. The quantitative estimate of drug-likeness (QED) is 0.293. The Morgan fingerprint density at radius 1 is 1.27 bits per heavy atom. The van der Waals surface area contributed by atoms with Gasteiger partial charge in [-0.3, -0.25) is 19.6 Å². The van der Waals surface area contributed by atoms with Crippen molar-refractivity contribution < 1.29 is 9.72 Å². The Labute approximate surface area is 194 Å². The maximum absolute atomic E-state index is 12.9. The molecule has 170 valence electrons. The number of rotatable bonds is 5. The summed E-state index contributed by atoms with van der Waals surface area (Å²) in [6, 6.07) is 7.62. The zero-order chi connectivity index (χ0) is 23.5. The number of pyridine rings is 1. The number of nitrogens with two attached hydrogens (primary N) is 1. The van der Waals surface area contributed by atoms with Gasteiger partial charge in [-0.25, -0.2) is 4.98 Å². The molecule has 1 aliphatic rings. The molecule has 1 atom stereocenters. The number of nitro groups is 1. The van der Waals surface area contributed by atoms with Crippen molar-refractivity contribution in [2.24, 2.45) is 7.05 Å². The van der Waals surface area contributed by atoms with Crippen molar-refractivity contribution in [1.29, 1.82) is 0 Å². The SMILES string of the molecule is Cn1cc(-c2cnc(N)c(C(=O)N[C@@H]3CCN(C(=S)Nc4ccc([N+](=O)[O-])cc4)C3)c2)cn1. The first-order valence-corrected chi connectivity index (χ1v) is 10.6. The number of non-ortho nitro benzene ring substituents is 1. The first-order chi connectivity index (χ1) is 15.8. The van der Waals surface area contributed by atoms with Crippen molar-refractivity contribution >= 4 is 40.4 Å². The van der Waals surface area contributed by atoms with Crippen LogP contribution in [0.15, 0.2) is 48.9 Å². The van der Waals surface area contributed by atoms with E-state index in [1.54, 1.807) is 35.3 Å². The lowest BCUT2D eigenvalue weighted by molar-refractivity contribution is -0.384. The van der Waals surface area contributed by atoms with E-state index >= 15 is 0 Å². The lowest BCUT2D eigenvalue weighted by atomic mass is 10.1. The number of aryl methyl sites for hydroxylation is 1. The molecule has 4 N–H and O–H groups in total.